The molecule has 0 radical (unpaired) electrons. The van der Waals surface area contributed by atoms with Gasteiger partial charge in [-0.25, -0.2) is 19.9 Å². The van der Waals surface area contributed by atoms with Gasteiger partial charge in [0, 0.05) is 24.5 Å². The zero-order valence-corrected chi connectivity index (χ0v) is 19.8. The van der Waals surface area contributed by atoms with Crippen LogP contribution in [-0.4, -0.2) is 36.0 Å². The quantitative estimate of drug-likeness (QED) is 0.255. The Hall–Kier alpha value is -5.07. The highest BCUT2D eigenvalue weighted by atomic mass is 19.4. The van der Waals surface area contributed by atoms with E-state index in [0.717, 1.165) is 22.3 Å². The fraction of sp³-hybridized carbons (Fsp3) is 0.120. The predicted molar refractivity (Wildman–Crippen MR) is 135 cm³/mol. The van der Waals surface area contributed by atoms with Crippen LogP contribution >= 0.6 is 0 Å². The number of hydrogen-bond acceptors (Lipinski definition) is 8. The lowest BCUT2D eigenvalue weighted by Crippen LogP contribution is -2.21. The van der Waals surface area contributed by atoms with Crippen LogP contribution in [0, 0.1) is 6.92 Å². The molecule has 0 aliphatic rings. The second-order valence-electron chi connectivity index (χ2n) is 8.41. The van der Waals surface area contributed by atoms with Gasteiger partial charge >= 0.3 is 6.18 Å². The van der Waals surface area contributed by atoms with Crippen molar-refractivity contribution in [2.24, 2.45) is 0 Å². The number of H-pyrrole nitrogens is 1. The van der Waals surface area contributed by atoms with E-state index in [1.165, 1.54) is 12.3 Å². The first-order valence-corrected chi connectivity index (χ1v) is 11.3. The van der Waals surface area contributed by atoms with Crippen molar-refractivity contribution in [3.63, 3.8) is 0 Å². The van der Waals surface area contributed by atoms with Crippen LogP contribution in [0.5, 0.6) is 0 Å². The third kappa shape index (κ3) is 5.21. The average molecular weight is 519 g/mol. The summed E-state index contributed by atoms with van der Waals surface area (Å²) in [5.74, 6) is -0.381. The Bertz CT molecular complexity index is 1610. The summed E-state index contributed by atoms with van der Waals surface area (Å²) in [6.07, 6.45) is -0.982. The molecule has 0 saturated carbocycles. The van der Waals surface area contributed by atoms with E-state index >= 15 is 0 Å². The van der Waals surface area contributed by atoms with E-state index in [2.05, 4.69) is 40.8 Å². The summed E-state index contributed by atoms with van der Waals surface area (Å²) in [6, 6.07) is 12.5. The minimum absolute atomic E-state index is 0.100. The Balaban J connectivity index is 1.35. The van der Waals surface area contributed by atoms with Crippen molar-refractivity contribution >= 4 is 34.4 Å². The van der Waals surface area contributed by atoms with Crippen molar-refractivity contribution in [3.05, 3.63) is 83.6 Å². The number of fused-ring (bicyclic) bond motifs is 1. The standard InChI is InChI=1S/C25H20F3N9O/c1-13-2-7-19(30-9-13)35-24(38)20-23(33-12-18(34-20)25(26,27)28)31-10-14-3-5-15(6-4-14)16-8-17-21(29)36-37-22(17)32-11-16/h2-9,11-12H,10H2,1H3,(H,31,33)(H,30,35,38)(H3,29,32,36,37). The van der Waals surface area contributed by atoms with Crippen LogP contribution in [0.4, 0.5) is 30.6 Å². The fourth-order valence-corrected chi connectivity index (χ4v) is 3.61. The Kier molecular flexibility index (Phi) is 6.33. The maximum absolute atomic E-state index is 13.3. The number of benzene rings is 1. The van der Waals surface area contributed by atoms with Gasteiger partial charge in [0.15, 0.2) is 22.9 Å². The van der Waals surface area contributed by atoms with Gasteiger partial charge in [0.2, 0.25) is 0 Å². The van der Waals surface area contributed by atoms with E-state index in [-0.39, 0.29) is 18.2 Å². The summed E-state index contributed by atoms with van der Waals surface area (Å²) in [7, 11) is 0. The summed E-state index contributed by atoms with van der Waals surface area (Å²) in [5.41, 5.74) is 7.98. The second kappa shape index (κ2) is 9.76. The number of hydrogen-bond donors (Lipinski definition) is 4. The van der Waals surface area contributed by atoms with E-state index < -0.39 is 23.5 Å². The predicted octanol–water partition coefficient (Wildman–Crippen LogP) is 4.58. The SMILES string of the molecule is Cc1ccc(NC(=O)c2nc(C(F)(F)F)cnc2NCc2ccc(-c3cnc4n[nH]c(N)c4c3)cc2)nc1. The number of halogens is 3. The van der Waals surface area contributed by atoms with Gasteiger partial charge in [-0.3, -0.25) is 9.89 Å². The first kappa shape index (κ1) is 24.6. The first-order chi connectivity index (χ1) is 18.2. The van der Waals surface area contributed by atoms with E-state index in [0.29, 0.717) is 23.0 Å². The summed E-state index contributed by atoms with van der Waals surface area (Å²) in [6.45, 7) is 1.99. The highest BCUT2D eigenvalue weighted by Gasteiger charge is 2.34. The Morgan fingerprint density at radius 1 is 1.00 bits per heavy atom. The van der Waals surface area contributed by atoms with Crippen molar-refractivity contribution in [3.8, 4) is 11.1 Å². The Labute approximate surface area is 213 Å². The molecule has 0 fully saturated rings. The highest BCUT2D eigenvalue weighted by Crippen LogP contribution is 2.29. The minimum Gasteiger partial charge on any atom is -0.384 e. The average Bonchev–Trinajstić information content (AvgIpc) is 3.28. The minimum atomic E-state index is -4.77. The second-order valence-corrected chi connectivity index (χ2v) is 8.41. The highest BCUT2D eigenvalue weighted by molar-refractivity contribution is 6.05. The topological polar surface area (TPSA) is 147 Å². The molecule has 13 heteroatoms. The van der Waals surface area contributed by atoms with Crippen LogP contribution in [0.1, 0.15) is 27.3 Å². The van der Waals surface area contributed by atoms with E-state index in [4.69, 9.17) is 5.73 Å². The van der Waals surface area contributed by atoms with Gasteiger partial charge < -0.3 is 16.4 Å². The van der Waals surface area contributed by atoms with Crippen molar-refractivity contribution < 1.29 is 18.0 Å². The molecule has 0 aliphatic carbocycles. The number of pyridine rings is 2. The summed E-state index contributed by atoms with van der Waals surface area (Å²) in [4.78, 5) is 28.5. The lowest BCUT2D eigenvalue weighted by Gasteiger charge is -2.13. The number of alkyl halides is 3. The zero-order chi connectivity index (χ0) is 26.9. The van der Waals surface area contributed by atoms with Crippen LogP contribution in [0.15, 0.2) is 61.1 Å². The van der Waals surface area contributed by atoms with Crippen LogP contribution in [0.25, 0.3) is 22.2 Å². The van der Waals surface area contributed by atoms with Crippen molar-refractivity contribution in [1.29, 1.82) is 0 Å². The number of carbonyl (C=O) groups is 1. The van der Waals surface area contributed by atoms with Crippen LogP contribution < -0.4 is 16.4 Å². The number of aromatic nitrogens is 6. The van der Waals surface area contributed by atoms with Crippen LogP contribution in [0.2, 0.25) is 0 Å². The Morgan fingerprint density at radius 2 is 1.79 bits per heavy atom. The van der Waals surface area contributed by atoms with Gasteiger partial charge in [-0.2, -0.15) is 18.3 Å². The molecule has 5 N–H and O–H groups in total. The molecule has 38 heavy (non-hydrogen) atoms. The lowest BCUT2D eigenvalue weighted by molar-refractivity contribution is -0.141. The van der Waals surface area contributed by atoms with E-state index in [1.54, 1.807) is 12.3 Å². The number of rotatable bonds is 6. The van der Waals surface area contributed by atoms with Gasteiger partial charge in [0.05, 0.1) is 11.6 Å². The molecule has 10 nitrogen and oxygen atoms in total. The third-order valence-corrected chi connectivity index (χ3v) is 5.62. The molecule has 4 heterocycles. The molecular weight excluding hydrogens is 499 g/mol. The smallest absolute Gasteiger partial charge is 0.384 e. The number of nitrogens with one attached hydrogen (secondary N) is 3. The van der Waals surface area contributed by atoms with E-state index in [9.17, 15) is 18.0 Å². The molecule has 1 aromatic carbocycles. The Morgan fingerprint density at radius 3 is 2.50 bits per heavy atom. The van der Waals surface area contributed by atoms with Gasteiger partial charge in [0.1, 0.15) is 11.6 Å². The molecule has 0 atom stereocenters. The van der Waals surface area contributed by atoms with Crippen LogP contribution in [-0.2, 0) is 12.7 Å². The number of aromatic amines is 1. The first-order valence-electron chi connectivity index (χ1n) is 11.3. The molecular formula is C25H20F3N9O. The maximum atomic E-state index is 13.3. The molecule has 0 spiro atoms. The normalized spacial score (nSPS) is 11.5. The third-order valence-electron chi connectivity index (χ3n) is 5.62. The summed E-state index contributed by atoms with van der Waals surface area (Å²) >= 11 is 0. The number of amides is 1. The largest absolute Gasteiger partial charge is 0.434 e. The molecule has 4 aromatic heterocycles. The fourth-order valence-electron chi connectivity index (χ4n) is 3.61. The zero-order valence-electron chi connectivity index (χ0n) is 19.8. The number of carbonyl (C=O) groups excluding carboxylic acids is 1. The molecule has 5 rings (SSSR count). The maximum Gasteiger partial charge on any atom is 0.434 e. The number of nitrogen functional groups attached to an aromatic ring is 1. The molecule has 0 saturated heterocycles. The van der Waals surface area contributed by atoms with Crippen molar-refractivity contribution in [2.75, 3.05) is 16.4 Å². The molecule has 5 aromatic rings. The number of anilines is 3. The van der Waals surface area contributed by atoms with Crippen LogP contribution in [0.3, 0.4) is 0 Å². The molecule has 0 aliphatic heterocycles. The number of nitrogens with zero attached hydrogens (tertiary/aromatic N) is 5. The molecule has 1 amide bonds. The number of aryl methyl sites for hydroxylation is 1. The summed E-state index contributed by atoms with van der Waals surface area (Å²) < 4.78 is 39.8. The monoisotopic (exact) mass is 519 g/mol. The lowest BCUT2D eigenvalue weighted by atomic mass is 10.0. The molecule has 0 bridgehead atoms. The number of nitrogens with two attached hydrogens (primary N) is 1. The summed E-state index contributed by atoms with van der Waals surface area (Å²) in [5, 5.41) is 12.8. The van der Waals surface area contributed by atoms with Gasteiger partial charge in [-0.1, -0.05) is 30.3 Å². The van der Waals surface area contributed by atoms with Gasteiger partial charge in [-0.05, 0) is 35.7 Å². The van der Waals surface area contributed by atoms with Crippen molar-refractivity contribution in [1.82, 2.24) is 30.1 Å². The van der Waals surface area contributed by atoms with Crippen molar-refractivity contribution in [2.45, 2.75) is 19.6 Å². The van der Waals surface area contributed by atoms with E-state index in [1.807, 2.05) is 37.3 Å². The molecule has 0 unspecified atom stereocenters. The molecule has 192 valence electrons. The van der Waals surface area contributed by atoms with Gasteiger partial charge in [0.25, 0.3) is 5.91 Å². The van der Waals surface area contributed by atoms with Gasteiger partial charge in [-0.15, -0.1) is 0 Å².